The van der Waals surface area contributed by atoms with Crippen molar-refractivity contribution in [3.05, 3.63) is 59.2 Å². The van der Waals surface area contributed by atoms with Gasteiger partial charge in [0.05, 0.1) is 13.2 Å². The van der Waals surface area contributed by atoms with E-state index in [1.54, 1.807) is 23.1 Å². The smallest absolute Gasteiger partial charge is 0.253 e. The van der Waals surface area contributed by atoms with Crippen LogP contribution < -0.4 is 14.8 Å². The minimum absolute atomic E-state index is 0.00565. The summed E-state index contributed by atoms with van der Waals surface area (Å²) in [4.78, 5) is 43.3. The molecule has 36 heavy (non-hydrogen) atoms. The molecule has 2 aromatic rings. The van der Waals surface area contributed by atoms with Crippen molar-refractivity contribution < 1.29 is 28.6 Å². The highest BCUT2D eigenvalue weighted by atomic mass is 16.7. The molecule has 9 heteroatoms. The summed E-state index contributed by atoms with van der Waals surface area (Å²) in [7, 11) is 0. The maximum atomic E-state index is 13.6. The first-order chi connectivity index (χ1) is 17.5. The van der Waals surface area contributed by atoms with Gasteiger partial charge < -0.3 is 29.3 Å². The van der Waals surface area contributed by atoms with Crippen molar-refractivity contribution in [3.63, 3.8) is 0 Å². The van der Waals surface area contributed by atoms with E-state index in [1.165, 1.54) is 0 Å². The minimum atomic E-state index is -0.683. The van der Waals surface area contributed by atoms with E-state index in [0.717, 1.165) is 5.56 Å². The summed E-state index contributed by atoms with van der Waals surface area (Å²) in [5, 5.41) is 3.00. The SMILES string of the molecule is Cc1ccc(C(=O)N2CCC(C(NC(=O)c3ccc4c(c3)OCO4)C(=O)N3CCOCC3)CC2)cc1. The van der Waals surface area contributed by atoms with Gasteiger partial charge in [-0.1, -0.05) is 17.7 Å². The van der Waals surface area contributed by atoms with E-state index in [1.807, 2.05) is 36.1 Å². The second-order valence-corrected chi connectivity index (χ2v) is 9.45. The highest BCUT2D eigenvalue weighted by Crippen LogP contribution is 2.32. The molecule has 5 rings (SSSR count). The van der Waals surface area contributed by atoms with Crippen LogP contribution in [-0.2, 0) is 9.53 Å². The number of amides is 3. The van der Waals surface area contributed by atoms with Crippen molar-refractivity contribution >= 4 is 17.7 Å². The third-order valence-electron chi connectivity index (χ3n) is 7.11. The Labute approximate surface area is 210 Å². The number of rotatable bonds is 5. The summed E-state index contributed by atoms with van der Waals surface area (Å²) >= 11 is 0. The largest absolute Gasteiger partial charge is 0.454 e. The van der Waals surface area contributed by atoms with E-state index in [9.17, 15) is 14.4 Å². The zero-order valence-corrected chi connectivity index (χ0v) is 20.4. The molecule has 3 aliphatic rings. The standard InChI is InChI=1S/C27H31N3O6/c1-18-2-4-20(5-3-18)26(32)29-10-8-19(9-11-29)24(27(33)30-12-14-34-15-13-30)28-25(31)21-6-7-22-23(16-21)36-17-35-22/h2-7,16,19,24H,8-15,17H2,1H3,(H,28,31). The first-order valence-electron chi connectivity index (χ1n) is 12.4. The molecule has 0 spiro atoms. The maximum absolute atomic E-state index is 13.6. The van der Waals surface area contributed by atoms with Gasteiger partial charge in [-0.15, -0.1) is 0 Å². The van der Waals surface area contributed by atoms with Crippen LogP contribution in [0, 0.1) is 12.8 Å². The predicted octanol–water partition coefficient (Wildman–Crippen LogP) is 2.23. The quantitative estimate of drug-likeness (QED) is 0.686. The Kier molecular flexibility index (Phi) is 7.09. The third kappa shape index (κ3) is 5.16. The summed E-state index contributed by atoms with van der Waals surface area (Å²) < 4.78 is 16.1. The number of likely N-dealkylation sites (tertiary alicyclic amines) is 1. The normalized spacial score (nSPS) is 18.6. The third-order valence-corrected chi connectivity index (χ3v) is 7.11. The van der Waals surface area contributed by atoms with E-state index in [4.69, 9.17) is 14.2 Å². The summed E-state index contributed by atoms with van der Waals surface area (Å²) in [6.45, 7) is 5.14. The van der Waals surface area contributed by atoms with E-state index >= 15 is 0 Å². The molecule has 3 heterocycles. The van der Waals surface area contributed by atoms with Gasteiger partial charge in [0.2, 0.25) is 12.7 Å². The summed E-state index contributed by atoms with van der Waals surface area (Å²) in [6.07, 6.45) is 1.25. The molecule has 0 bridgehead atoms. The number of nitrogens with one attached hydrogen (secondary N) is 1. The van der Waals surface area contributed by atoms with E-state index in [0.29, 0.717) is 74.9 Å². The molecule has 3 aliphatic heterocycles. The number of carbonyl (C=O) groups is 3. The van der Waals surface area contributed by atoms with Gasteiger partial charge in [-0.2, -0.15) is 0 Å². The molecule has 2 aromatic carbocycles. The lowest BCUT2D eigenvalue weighted by Gasteiger charge is -2.38. The van der Waals surface area contributed by atoms with Crippen molar-refractivity contribution in [2.24, 2.45) is 5.92 Å². The highest BCUT2D eigenvalue weighted by Gasteiger charge is 2.37. The second-order valence-electron chi connectivity index (χ2n) is 9.45. The Hall–Kier alpha value is -3.59. The predicted molar refractivity (Wildman–Crippen MR) is 131 cm³/mol. The lowest BCUT2D eigenvalue weighted by molar-refractivity contribution is -0.139. The van der Waals surface area contributed by atoms with Crippen LogP contribution in [0.2, 0.25) is 0 Å². The molecule has 190 valence electrons. The molecule has 1 unspecified atom stereocenters. The second kappa shape index (κ2) is 10.6. The fraction of sp³-hybridized carbons (Fsp3) is 0.444. The monoisotopic (exact) mass is 493 g/mol. The highest BCUT2D eigenvalue weighted by molar-refractivity contribution is 5.98. The summed E-state index contributed by atoms with van der Waals surface area (Å²) in [6, 6.07) is 11.9. The van der Waals surface area contributed by atoms with Crippen LogP contribution in [0.3, 0.4) is 0 Å². The van der Waals surface area contributed by atoms with Gasteiger partial charge in [-0.3, -0.25) is 14.4 Å². The van der Waals surface area contributed by atoms with Crippen LogP contribution in [-0.4, -0.2) is 79.7 Å². The number of hydrogen-bond acceptors (Lipinski definition) is 6. The molecule has 3 amide bonds. The minimum Gasteiger partial charge on any atom is -0.454 e. The van der Waals surface area contributed by atoms with Crippen LogP contribution in [0.1, 0.15) is 39.1 Å². The number of morpholine rings is 1. The van der Waals surface area contributed by atoms with E-state index in [2.05, 4.69) is 5.32 Å². The first-order valence-corrected chi connectivity index (χ1v) is 12.4. The Balaban J connectivity index is 1.29. The Morgan fingerprint density at radius 1 is 0.861 bits per heavy atom. The van der Waals surface area contributed by atoms with Crippen LogP contribution >= 0.6 is 0 Å². The van der Waals surface area contributed by atoms with Gasteiger partial charge in [0.15, 0.2) is 11.5 Å². The molecule has 0 aliphatic carbocycles. The zero-order chi connectivity index (χ0) is 25.1. The number of fused-ring (bicyclic) bond motifs is 1. The van der Waals surface area contributed by atoms with Gasteiger partial charge in [0, 0.05) is 37.3 Å². The van der Waals surface area contributed by atoms with Gasteiger partial charge in [0.25, 0.3) is 11.8 Å². The van der Waals surface area contributed by atoms with Crippen LogP contribution in [0.25, 0.3) is 0 Å². The Morgan fingerprint density at radius 2 is 1.53 bits per heavy atom. The number of benzene rings is 2. The molecule has 2 saturated heterocycles. The number of carbonyl (C=O) groups excluding carboxylic acids is 3. The number of ether oxygens (including phenoxy) is 3. The molecular formula is C27H31N3O6. The number of piperidine rings is 1. The first kappa shape index (κ1) is 24.1. The summed E-state index contributed by atoms with van der Waals surface area (Å²) in [5.41, 5.74) is 2.18. The summed E-state index contributed by atoms with van der Waals surface area (Å²) in [5.74, 6) is 0.586. The molecule has 0 radical (unpaired) electrons. The zero-order valence-electron chi connectivity index (χ0n) is 20.4. The van der Waals surface area contributed by atoms with Crippen molar-refractivity contribution in [1.29, 1.82) is 0 Å². The van der Waals surface area contributed by atoms with Crippen LogP contribution in [0.4, 0.5) is 0 Å². The Bertz CT molecular complexity index is 1120. The molecule has 2 fully saturated rings. The molecule has 0 saturated carbocycles. The van der Waals surface area contributed by atoms with Crippen molar-refractivity contribution in [2.45, 2.75) is 25.8 Å². The van der Waals surface area contributed by atoms with E-state index in [-0.39, 0.29) is 30.4 Å². The van der Waals surface area contributed by atoms with E-state index < -0.39 is 6.04 Å². The molecular weight excluding hydrogens is 462 g/mol. The fourth-order valence-electron chi connectivity index (χ4n) is 4.94. The fourth-order valence-corrected chi connectivity index (χ4v) is 4.94. The van der Waals surface area contributed by atoms with Gasteiger partial charge in [0.1, 0.15) is 6.04 Å². The van der Waals surface area contributed by atoms with Crippen LogP contribution in [0.5, 0.6) is 11.5 Å². The van der Waals surface area contributed by atoms with Gasteiger partial charge in [-0.25, -0.2) is 0 Å². The average Bonchev–Trinajstić information content (AvgIpc) is 3.40. The van der Waals surface area contributed by atoms with Gasteiger partial charge >= 0.3 is 0 Å². The van der Waals surface area contributed by atoms with Crippen molar-refractivity contribution in [2.75, 3.05) is 46.2 Å². The van der Waals surface area contributed by atoms with Crippen molar-refractivity contribution in [1.82, 2.24) is 15.1 Å². The lowest BCUT2D eigenvalue weighted by atomic mass is 9.87. The van der Waals surface area contributed by atoms with Crippen LogP contribution in [0.15, 0.2) is 42.5 Å². The maximum Gasteiger partial charge on any atom is 0.253 e. The number of hydrogen-bond donors (Lipinski definition) is 1. The Morgan fingerprint density at radius 3 is 2.25 bits per heavy atom. The molecule has 1 atom stereocenters. The van der Waals surface area contributed by atoms with Crippen molar-refractivity contribution in [3.8, 4) is 11.5 Å². The lowest BCUT2D eigenvalue weighted by Crippen LogP contribution is -2.56. The topological polar surface area (TPSA) is 97.4 Å². The van der Waals surface area contributed by atoms with Gasteiger partial charge in [-0.05, 0) is 56.0 Å². The number of aryl methyl sites for hydroxylation is 1. The molecule has 9 nitrogen and oxygen atoms in total. The number of nitrogens with zero attached hydrogens (tertiary/aromatic N) is 2. The average molecular weight is 494 g/mol. The molecule has 0 aromatic heterocycles. The molecule has 1 N–H and O–H groups in total.